The zero-order valence-electron chi connectivity index (χ0n) is 11.6. The maximum absolute atomic E-state index is 3.69. The Bertz CT molecular complexity index is 180. The van der Waals surface area contributed by atoms with E-state index >= 15 is 0 Å². The van der Waals surface area contributed by atoms with Crippen LogP contribution in [0.1, 0.15) is 53.4 Å². The Hall–Kier alpha value is -0.0800. The second kappa shape index (κ2) is 7.29. The maximum atomic E-state index is 3.69. The molecule has 0 saturated carbocycles. The van der Waals surface area contributed by atoms with Crippen LogP contribution < -0.4 is 5.32 Å². The smallest absolute Gasteiger partial charge is 0.0197 e. The number of rotatable bonds is 6. The van der Waals surface area contributed by atoms with Gasteiger partial charge in [-0.25, -0.2) is 0 Å². The highest BCUT2D eigenvalue weighted by molar-refractivity contribution is 4.81. The molecular formula is C14H30N2. The van der Waals surface area contributed by atoms with Crippen molar-refractivity contribution in [3.63, 3.8) is 0 Å². The molecule has 96 valence electrons. The van der Waals surface area contributed by atoms with E-state index in [0.29, 0.717) is 6.04 Å². The zero-order chi connectivity index (χ0) is 12.0. The van der Waals surface area contributed by atoms with E-state index in [1.807, 2.05) is 0 Å². The van der Waals surface area contributed by atoms with Crippen LogP contribution in [-0.4, -0.2) is 36.6 Å². The number of nitrogens with zero attached hydrogens (tertiary/aromatic N) is 1. The van der Waals surface area contributed by atoms with Gasteiger partial charge in [0.1, 0.15) is 0 Å². The van der Waals surface area contributed by atoms with E-state index in [4.69, 9.17) is 0 Å². The number of nitrogens with one attached hydrogen (secondary N) is 1. The number of hydrogen-bond acceptors (Lipinski definition) is 2. The van der Waals surface area contributed by atoms with Crippen molar-refractivity contribution in [2.75, 3.05) is 19.6 Å². The SMILES string of the molecule is CCCN(CC1CC(CC)CCN1)C(C)C. The molecule has 0 radical (unpaired) electrons. The van der Waals surface area contributed by atoms with E-state index in [9.17, 15) is 0 Å². The van der Waals surface area contributed by atoms with Crippen molar-refractivity contribution in [2.45, 2.75) is 65.5 Å². The molecule has 0 aromatic rings. The molecule has 16 heavy (non-hydrogen) atoms. The minimum atomic E-state index is 0.684. The summed E-state index contributed by atoms with van der Waals surface area (Å²) in [6, 6.07) is 1.41. The molecule has 1 rings (SSSR count). The van der Waals surface area contributed by atoms with Crippen molar-refractivity contribution in [3.05, 3.63) is 0 Å². The molecule has 2 nitrogen and oxygen atoms in total. The van der Waals surface area contributed by atoms with Gasteiger partial charge in [-0.1, -0.05) is 20.3 Å². The Morgan fingerprint density at radius 2 is 2.06 bits per heavy atom. The molecule has 1 N–H and O–H groups in total. The minimum Gasteiger partial charge on any atom is -0.313 e. The van der Waals surface area contributed by atoms with Gasteiger partial charge in [-0.05, 0) is 52.1 Å². The molecule has 1 fully saturated rings. The Labute approximate surface area is 102 Å². The normalized spacial score (nSPS) is 26.6. The molecule has 0 aromatic heterocycles. The quantitative estimate of drug-likeness (QED) is 0.749. The molecule has 0 spiro atoms. The van der Waals surface area contributed by atoms with E-state index in [-0.39, 0.29) is 0 Å². The van der Waals surface area contributed by atoms with Crippen molar-refractivity contribution < 1.29 is 0 Å². The van der Waals surface area contributed by atoms with Crippen LogP contribution >= 0.6 is 0 Å². The topological polar surface area (TPSA) is 15.3 Å². The van der Waals surface area contributed by atoms with Gasteiger partial charge in [-0.2, -0.15) is 0 Å². The first-order valence-electron chi connectivity index (χ1n) is 7.14. The minimum absolute atomic E-state index is 0.684. The fraction of sp³-hybridized carbons (Fsp3) is 1.00. The van der Waals surface area contributed by atoms with Gasteiger partial charge < -0.3 is 5.32 Å². The van der Waals surface area contributed by atoms with Crippen LogP contribution in [0, 0.1) is 5.92 Å². The molecule has 1 aliphatic heterocycles. The summed E-state index contributed by atoms with van der Waals surface area (Å²) in [7, 11) is 0. The fourth-order valence-electron chi connectivity index (χ4n) is 2.74. The van der Waals surface area contributed by atoms with Gasteiger partial charge in [0.2, 0.25) is 0 Å². The molecular weight excluding hydrogens is 196 g/mol. The van der Waals surface area contributed by atoms with E-state index < -0.39 is 0 Å². The molecule has 0 bridgehead atoms. The highest BCUT2D eigenvalue weighted by Crippen LogP contribution is 2.20. The molecule has 1 aliphatic rings. The summed E-state index contributed by atoms with van der Waals surface area (Å²) in [4.78, 5) is 2.62. The molecule has 0 amide bonds. The van der Waals surface area contributed by atoms with Gasteiger partial charge in [-0.3, -0.25) is 4.90 Å². The molecule has 1 heterocycles. The second-order valence-electron chi connectivity index (χ2n) is 5.54. The lowest BCUT2D eigenvalue weighted by Gasteiger charge is -2.35. The Morgan fingerprint density at radius 3 is 2.62 bits per heavy atom. The predicted molar refractivity (Wildman–Crippen MR) is 71.8 cm³/mol. The van der Waals surface area contributed by atoms with Crippen molar-refractivity contribution in [2.24, 2.45) is 5.92 Å². The van der Waals surface area contributed by atoms with Crippen LogP contribution in [0.25, 0.3) is 0 Å². The largest absolute Gasteiger partial charge is 0.313 e. The van der Waals surface area contributed by atoms with Crippen LogP contribution in [-0.2, 0) is 0 Å². The summed E-state index contributed by atoms with van der Waals surface area (Å²) in [5.74, 6) is 0.960. The average molecular weight is 226 g/mol. The number of hydrogen-bond donors (Lipinski definition) is 1. The third-order valence-corrected chi connectivity index (χ3v) is 3.88. The Morgan fingerprint density at radius 1 is 1.31 bits per heavy atom. The highest BCUT2D eigenvalue weighted by atomic mass is 15.2. The first-order chi connectivity index (χ1) is 7.67. The van der Waals surface area contributed by atoms with Crippen LogP contribution in [0.15, 0.2) is 0 Å². The van der Waals surface area contributed by atoms with Crippen molar-refractivity contribution >= 4 is 0 Å². The van der Waals surface area contributed by atoms with Crippen molar-refractivity contribution in [3.8, 4) is 0 Å². The lowest BCUT2D eigenvalue weighted by Crippen LogP contribution is -2.47. The average Bonchev–Trinajstić information content (AvgIpc) is 2.28. The summed E-state index contributed by atoms with van der Waals surface area (Å²) in [5.41, 5.74) is 0. The van der Waals surface area contributed by atoms with E-state index in [2.05, 4.69) is 37.9 Å². The summed E-state index contributed by atoms with van der Waals surface area (Å²) in [6.45, 7) is 12.9. The standard InChI is InChI=1S/C14H30N2/c1-5-9-16(12(3)4)11-14-10-13(6-2)7-8-15-14/h12-15H,5-11H2,1-4H3. The first kappa shape index (κ1) is 14.0. The van der Waals surface area contributed by atoms with Crippen molar-refractivity contribution in [1.29, 1.82) is 0 Å². The first-order valence-corrected chi connectivity index (χ1v) is 7.14. The Kier molecular flexibility index (Phi) is 6.37. The molecule has 2 heteroatoms. The van der Waals surface area contributed by atoms with Gasteiger partial charge in [0.15, 0.2) is 0 Å². The zero-order valence-corrected chi connectivity index (χ0v) is 11.6. The monoisotopic (exact) mass is 226 g/mol. The summed E-state index contributed by atoms with van der Waals surface area (Å²) in [6.07, 6.45) is 5.38. The van der Waals surface area contributed by atoms with E-state index in [1.165, 1.54) is 45.3 Å². The lowest BCUT2D eigenvalue weighted by molar-refractivity contribution is 0.169. The van der Waals surface area contributed by atoms with Crippen LogP contribution in [0.3, 0.4) is 0 Å². The van der Waals surface area contributed by atoms with E-state index in [0.717, 1.165) is 12.0 Å². The summed E-state index contributed by atoms with van der Waals surface area (Å²) in [5, 5.41) is 3.69. The van der Waals surface area contributed by atoms with Gasteiger partial charge in [-0.15, -0.1) is 0 Å². The summed E-state index contributed by atoms with van der Waals surface area (Å²) < 4.78 is 0. The molecule has 0 aliphatic carbocycles. The predicted octanol–water partition coefficient (Wildman–Crippen LogP) is 2.89. The van der Waals surface area contributed by atoms with Crippen LogP contribution in [0.5, 0.6) is 0 Å². The second-order valence-corrected chi connectivity index (χ2v) is 5.54. The lowest BCUT2D eigenvalue weighted by atomic mass is 9.90. The fourth-order valence-corrected chi connectivity index (χ4v) is 2.74. The third-order valence-electron chi connectivity index (χ3n) is 3.88. The van der Waals surface area contributed by atoms with Crippen molar-refractivity contribution in [1.82, 2.24) is 10.2 Å². The molecule has 2 unspecified atom stereocenters. The third kappa shape index (κ3) is 4.42. The summed E-state index contributed by atoms with van der Waals surface area (Å²) >= 11 is 0. The Balaban J connectivity index is 2.38. The highest BCUT2D eigenvalue weighted by Gasteiger charge is 2.22. The molecule has 1 saturated heterocycles. The molecule has 0 aromatic carbocycles. The van der Waals surface area contributed by atoms with Gasteiger partial charge in [0.25, 0.3) is 0 Å². The van der Waals surface area contributed by atoms with Crippen LogP contribution in [0.2, 0.25) is 0 Å². The van der Waals surface area contributed by atoms with Crippen LogP contribution in [0.4, 0.5) is 0 Å². The van der Waals surface area contributed by atoms with Gasteiger partial charge in [0, 0.05) is 18.6 Å². The van der Waals surface area contributed by atoms with Gasteiger partial charge >= 0.3 is 0 Å². The number of piperidine rings is 1. The van der Waals surface area contributed by atoms with Gasteiger partial charge in [0.05, 0.1) is 0 Å². The maximum Gasteiger partial charge on any atom is 0.0197 e. The molecule has 2 atom stereocenters. The van der Waals surface area contributed by atoms with E-state index in [1.54, 1.807) is 0 Å².